The van der Waals surface area contributed by atoms with Crippen LogP contribution in [0.15, 0.2) is 0 Å². The standard InChI is InChI=1S/C9H18N2O/c1-9(2,3)11(4)7-5-6-10-8(7)12/h7H,5-6H2,1-4H3,(H,10,12). The fraction of sp³-hybridized carbons (Fsp3) is 0.889. The molecule has 12 heavy (non-hydrogen) atoms. The van der Waals surface area contributed by atoms with Gasteiger partial charge in [0.05, 0.1) is 6.04 Å². The number of nitrogens with zero attached hydrogens (tertiary/aromatic N) is 1. The Kier molecular flexibility index (Phi) is 2.42. The molecule has 1 atom stereocenters. The van der Waals surface area contributed by atoms with Crippen LogP contribution in [-0.4, -0.2) is 36.0 Å². The molecule has 1 aliphatic heterocycles. The second kappa shape index (κ2) is 3.05. The zero-order valence-corrected chi connectivity index (χ0v) is 8.35. The zero-order valence-electron chi connectivity index (χ0n) is 8.35. The lowest BCUT2D eigenvalue weighted by Crippen LogP contribution is -2.48. The number of carbonyl (C=O) groups excluding carboxylic acids is 1. The van der Waals surface area contributed by atoms with E-state index in [9.17, 15) is 4.79 Å². The molecule has 1 rings (SSSR count). The van der Waals surface area contributed by atoms with E-state index in [4.69, 9.17) is 0 Å². The van der Waals surface area contributed by atoms with Gasteiger partial charge < -0.3 is 5.32 Å². The smallest absolute Gasteiger partial charge is 0.237 e. The van der Waals surface area contributed by atoms with Crippen molar-refractivity contribution in [1.29, 1.82) is 0 Å². The molecule has 0 aromatic heterocycles. The predicted molar refractivity (Wildman–Crippen MR) is 48.9 cm³/mol. The van der Waals surface area contributed by atoms with E-state index < -0.39 is 0 Å². The largest absolute Gasteiger partial charge is 0.355 e. The lowest BCUT2D eigenvalue weighted by Gasteiger charge is -2.35. The Balaban J connectivity index is 2.63. The lowest BCUT2D eigenvalue weighted by atomic mass is 10.0. The van der Waals surface area contributed by atoms with Crippen molar-refractivity contribution in [3.63, 3.8) is 0 Å². The quantitative estimate of drug-likeness (QED) is 0.625. The molecule has 1 aliphatic rings. The SMILES string of the molecule is CN(C1CCNC1=O)C(C)(C)C. The third kappa shape index (κ3) is 1.78. The van der Waals surface area contributed by atoms with Crippen molar-refractivity contribution in [2.45, 2.75) is 38.8 Å². The number of amides is 1. The van der Waals surface area contributed by atoms with Crippen LogP contribution in [0.1, 0.15) is 27.2 Å². The first-order valence-corrected chi connectivity index (χ1v) is 4.43. The summed E-state index contributed by atoms with van der Waals surface area (Å²) in [4.78, 5) is 13.4. The summed E-state index contributed by atoms with van der Waals surface area (Å²) in [5.74, 6) is 0.174. The molecule has 0 bridgehead atoms. The molecule has 1 fully saturated rings. The highest BCUT2D eigenvalue weighted by Crippen LogP contribution is 2.18. The third-order valence-electron chi connectivity index (χ3n) is 2.55. The Hall–Kier alpha value is -0.570. The van der Waals surface area contributed by atoms with E-state index in [1.165, 1.54) is 0 Å². The Morgan fingerprint density at radius 1 is 1.50 bits per heavy atom. The van der Waals surface area contributed by atoms with Gasteiger partial charge in [-0.3, -0.25) is 9.69 Å². The summed E-state index contributed by atoms with van der Waals surface area (Å²) in [6, 6.07) is 0.0741. The van der Waals surface area contributed by atoms with Crippen LogP contribution in [0.25, 0.3) is 0 Å². The minimum atomic E-state index is 0.0741. The summed E-state index contributed by atoms with van der Waals surface area (Å²) in [5.41, 5.74) is 0.0757. The van der Waals surface area contributed by atoms with E-state index in [-0.39, 0.29) is 17.5 Å². The molecular weight excluding hydrogens is 152 g/mol. The number of nitrogens with one attached hydrogen (secondary N) is 1. The lowest BCUT2D eigenvalue weighted by molar-refractivity contribution is -0.124. The third-order valence-corrected chi connectivity index (χ3v) is 2.55. The molecule has 1 amide bonds. The van der Waals surface area contributed by atoms with Crippen LogP contribution in [0.2, 0.25) is 0 Å². The first-order chi connectivity index (χ1) is 5.43. The highest BCUT2D eigenvalue weighted by atomic mass is 16.2. The van der Waals surface area contributed by atoms with Crippen molar-refractivity contribution in [3.05, 3.63) is 0 Å². The van der Waals surface area contributed by atoms with E-state index in [1.54, 1.807) is 0 Å². The average Bonchev–Trinajstić information content (AvgIpc) is 2.31. The van der Waals surface area contributed by atoms with Crippen molar-refractivity contribution < 1.29 is 4.79 Å². The van der Waals surface area contributed by atoms with E-state index in [1.807, 2.05) is 7.05 Å². The highest BCUT2D eigenvalue weighted by molar-refractivity contribution is 5.83. The molecule has 3 nitrogen and oxygen atoms in total. The van der Waals surface area contributed by atoms with Crippen LogP contribution in [0, 0.1) is 0 Å². The topological polar surface area (TPSA) is 32.3 Å². The number of likely N-dealkylation sites (N-methyl/N-ethyl adjacent to an activating group) is 1. The second-order valence-corrected chi connectivity index (χ2v) is 4.38. The van der Waals surface area contributed by atoms with Gasteiger partial charge in [0.15, 0.2) is 0 Å². The van der Waals surface area contributed by atoms with Gasteiger partial charge in [-0.05, 0) is 34.2 Å². The Morgan fingerprint density at radius 3 is 2.42 bits per heavy atom. The monoisotopic (exact) mass is 170 g/mol. The van der Waals surface area contributed by atoms with E-state index in [0.717, 1.165) is 13.0 Å². The number of hydrogen-bond donors (Lipinski definition) is 1. The van der Waals surface area contributed by atoms with Gasteiger partial charge in [-0.2, -0.15) is 0 Å². The number of carbonyl (C=O) groups is 1. The van der Waals surface area contributed by atoms with Crippen LogP contribution in [-0.2, 0) is 4.79 Å². The molecule has 0 radical (unpaired) electrons. The van der Waals surface area contributed by atoms with Crippen molar-refractivity contribution in [1.82, 2.24) is 10.2 Å². The number of hydrogen-bond acceptors (Lipinski definition) is 2. The average molecular weight is 170 g/mol. The fourth-order valence-corrected chi connectivity index (χ4v) is 1.42. The second-order valence-electron chi connectivity index (χ2n) is 4.38. The van der Waals surface area contributed by atoms with E-state index in [2.05, 4.69) is 31.0 Å². The molecule has 1 heterocycles. The normalized spacial score (nSPS) is 24.8. The molecule has 70 valence electrons. The summed E-state index contributed by atoms with van der Waals surface area (Å²) in [6.45, 7) is 7.19. The minimum absolute atomic E-state index is 0.0741. The van der Waals surface area contributed by atoms with E-state index >= 15 is 0 Å². The molecule has 0 aliphatic carbocycles. The summed E-state index contributed by atoms with van der Waals surface area (Å²) in [5, 5.41) is 2.84. The Bertz CT molecular complexity index is 183. The van der Waals surface area contributed by atoms with Gasteiger partial charge in [0.1, 0.15) is 0 Å². The Labute approximate surface area is 74.1 Å². The maximum absolute atomic E-state index is 11.3. The van der Waals surface area contributed by atoms with Gasteiger partial charge in [-0.25, -0.2) is 0 Å². The first kappa shape index (κ1) is 9.52. The first-order valence-electron chi connectivity index (χ1n) is 4.43. The van der Waals surface area contributed by atoms with Gasteiger partial charge in [0, 0.05) is 12.1 Å². The maximum Gasteiger partial charge on any atom is 0.237 e. The van der Waals surface area contributed by atoms with Crippen molar-refractivity contribution in [3.8, 4) is 0 Å². The summed E-state index contributed by atoms with van der Waals surface area (Å²) >= 11 is 0. The summed E-state index contributed by atoms with van der Waals surface area (Å²) in [6.07, 6.45) is 0.937. The highest BCUT2D eigenvalue weighted by Gasteiger charge is 2.33. The predicted octanol–water partition coefficient (Wildman–Crippen LogP) is 0.605. The summed E-state index contributed by atoms with van der Waals surface area (Å²) in [7, 11) is 2.01. The zero-order chi connectivity index (χ0) is 9.35. The van der Waals surface area contributed by atoms with Crippen LogP contribution in [0.4, 0.5) is 0 Å². The molecular formula is C9H18N2O. The molecule has 1 unspecified atom stereocenters. The number of rotatable bonds is 1. The van der Waals surface area contributed by atoms with Crippen LogP contribution < -0.4 is 5.32 Å². The van der Waals surface area contributed by atoms with Crippen molar-refractivity contribution in [2.75, 3.05) is 13.6 Å². The van der Waals surface area contributed by atoms with Crippen LogP contribution >= 0.6 is 0 Å². The van der Waals surface area contributed by atoms with Crippen molar-refractivity contribution in [2.24, 2.45) is 0 Å². The van der Waals surface area contributed by atoms with Crippen LogP contribution in [0.5, 0.6) is 0 Å². The van der Waals surface area contributed by atoms with Gasteiger partial charge in [0.25, 0.3) is 0 Å². The van der Waals surface area contributed by atoms with Gasteiger partial charge in [-0.1, -0.05) is 0 Å². The molecule has 0 aromatic rings. The van der Waals surface area contributed by atoms with Crippen molar-refractivity contribution >= 4 is 5.91 Å². The van der Waals surface area contributed by atoms with Gasteiger partial charge in [-0.15, -0.1) is 0 Å². The molecule has 1 N–H and O–H groups in total. The fourth-order valence-electron chi connectivity index (χ4n) is 1.42. The Morgan fingerprint density at radius 2 is 2.08 bits per heavy atom. The molecule has 1 saturated heterocycles. The van der Waals surface area contributed by atoms with Gasteiger partial charge >= 0.3 is 0 Å². The van der Waals surface area contributed by atoms with Gasteiger partial charge in [0.2, 0.25) is 5.91 Å². The molecule has 0 saturated carbocycles. The minimum Gasteiger partial charge on any atom is -0.355 e. The molecule has 0 aromatic carbocycles. The van der Waals surface area contributed by atoms with E-state index in [0.29, 0.717) is 0 Å². The molecule has 0 spiro atoms. The molecule has 3 heteroatoms. The summed E-state index contributed by atoms with van der Waals surface area (Å²) < 4.78 is 0. The maximum atomic E-state index is 11.3. The van der Waals surface area contributed by atoms with Crippen LogP contribution in [0.3, 0.4) is 0 Å².